The Bertz CT molecular complexity index is 747. The molecule has 49 heavy (non-hydrogen) atoms. The number of carbonyl (C=O) groups is 3. The lowest BCUT2D eigenvalue weighted by atomic mass is 10.0. The fraction of sp³-hybridized carbons (Fsp3) is 0.929. The summed E-state index contributed by atoms with van der Waals surface area (Å²) in [4.78, 5) is 36.2. The van der Waals surface area contributed by atoms with Gasteiger partial charge < -0.3 is 20.9 Å². The van der Waals surface area contributed by atoms with E-state index in [1.807, 2.05) is 0 Å². The maximum Gasteiger partial charge on any atom is 0.326 e. The van der Waals surface area contributed by atoms with Crippen LogP contribution in [0.25, 0.3) is 0 Å². The molecule has 0 aromatic rings. The average Bonchev–Trinajstić information content (AvgIpc) is 3.08. The van der Waals surface area contributed by atoms with E-state index in [1.165, 1.54) is 135 Å². The van der Waals surface area contributed by atoms with Crippen LogP contribution in [0.3, 0.4) is 0 Å². The molecule has 4 N–H and O–H groups in total. The van der Waals surface area contributed by atoms with Gasteiger partial charge in [-0.05, 0) is 57.9 Å². The van der Waals surface area contributed by atoms with E-state index in [0.29, 0.717) is 32.2 Å². The number of nitrogens with two attached hydrogens (primary N) is 1. The minimum absolute atomic E-state index is 0.00334. The van der Waals surface area contributed by atoms with Crippen molar-refractivity contribution in [2.45, 2.75) is 244 Å². The molecule has 0 spiro atoms. The Balaban J connectivity index is 4.03. The molecule has 0 saturated heterocycles. The first-order valence-corrected chi connectivity index (χ1v) is 21.4. The van der Waals surface area contributed by atoms with Crippen LogP contribution < -0.4 is 11.1 Å². The Labute approximate surface area is 303 Å². The first-order valence-electron chi connectivity index (χ1n) is 21.4. The van der Waals surface area contributed by atoms with Crippen molar-refractivity contribution in [3.05, 3.63) is 0 Å². The lowest BCUT2D eigenvalue weighted by molar-refractivity contribution is -0.150. The number of esters is 1. The van der Waals surface area contributed by atoms with Gasteiger partial charge in [-0.2, -0.15) is 0 Å². The van der Waals surface area contributed by atoms with E-state index >= 15 is 0 Å². The quantitative estimate of drug-likeness (QED) is 0.0435. The second-order valence-corrected chi connectivity index (χ2v) is 14.8. The molecule has 0 aliphatic heterocycles. The number of rotatable bonds is 39. The molecule has 1 amide bonds. The predicted molar refractivity (Wildman–Crippen MR) is 207 cm³/mol. The van der Waals surface area contributed by atoms with Gasteiger partial charge in [-0.3, -0.25) is 9.59 Å². The van der Waals surface area contributed by atoms with Crippen molar-refractivity contribution in [3.63, 3.8) is 0 Å². The summed E-state index contributed by atoms with van der Waals surface area (Å²) in [5.41, 5.74) is 5.48. The Morgan fingerprint density at radius 2 is 0.878 bits per heavy atom. The number of carbonyl (C=O) groups excluding carboxylic acids is 2. The average molecular weight is 695 g/mol. The van der Waals surface area contributed by atoms with Gasteiger partial charge in [0.05, 0.1) is 0 Å². The van der Waals surface area contributed by atoms with Crippen molar-refractivity contribution >= 4 is 17.8 Å². The molecule has 0 aromatic heterocycles. The van der Waals surface area contributed by atoms with Crippen LogP contribution >= 0.6 is 0 Å². The molecule has 0 radical (unpaired) electrons. The molecule has 0 bridgehead atoms. The summed E-state index contributed by atoms with van der Waals surface area (Å²) in [6, 6.07) is -0.859. The lowest BCUT2D eigenvalue weighted by Gasteiger charge is -2.18. The van der Waals surface area contributed by atoms with Crippen molar-refractivity contribution in [1.82, 2.24) is 5.32 Å². The number of nitrogens with one attached hydrogen (secondary N) is 1. The molecular weight excluding hydrogens is 612 g/mol. The number of hydrogen-bond donors (Lipinski definition) is 3. The van der Waals surface area contributed by atoms with Crippen molar-refractivity contribution in [1.29, 1.82) is 0 Å². The lowest BCUT2D eigenvalue weighted by Crippen LogP contribution is -2.40. The van der Waals surface area contributed by atoms with Crippen molar-refractivity contribution in [2.24, 2.45) is 5.73 Å². The van der Waals surface area contributed by atoms with Gasteiger partial charge in [0.15, 0.2) is 0 Å². The van der Waals surface area contributed by atoms with E-state index in [-0.39, 0.29) is 18.0 Å². The Hall–Kier alpha value is -1.63. The van der Waals surface area contributed by atoms with E-state index in [4.69, 9.17) is 10.5 Å². The zero-order valence-electron chi connectivity index (χ0n) is 32.6. The summed E-state index contributed by atoms with van der Waals surface area (Å²) in [6.45, 7) is 4.93. The van der Waals surface area contributed by atoms with Crippen LogP contribution in [0, 0.1) is 0 Å². The Morgan fingerprint density at radius 3 is 1.27 bits per heavy atom. The van der Waals surface area contributed by atoms with Crippen LogP contribution in [0.1, 0.15) is 232 Å². The molecule has 7 heteroatoms. The minimum Gasteiger partial charge on any atom is -0.480 e. The largest absolute Gasteiger partial charge is 0.480 e. The Morgan fingerprint density at radius 1 is 0.510 bits per heavy atom. The van der Waals surface area contributed by atoms with Gasteiger partial charge in [-0.15, -0.1) is 0 Å². The van der Waals surface area contributed by atoms with Crippen LogP contribution in [0.15, 0.2) is 0 Å². The van der Waals surface area contributed by atoms with Gasteiger partial charge in [0, 0.05) is 12.8 Å². The number of unbranched alkanes of at least 4 members (excludes halogenated alkanes) is 25. The molecular formula is C42H82N2O5. The fourth-order valence-corrected chi connectivity index (χ4v) is 6.69. The maximum atomic E-state index is 12.7. The summed E-state index contributed by atoms with van der Waals surface area (Å²) in [6.07, 6.45) is 38.7. The summed E-state index contributed by atoms with van der Waals surface area (Å²) >= 11 is 0. The van der Waals surface area contributed by atoms with Crippen LogP contribution in [0.4, 0.5) is 0 Å². The highest BCUT2D eigenvalue weighted by Crippen LogP contribution is 2.19. The topological polar surface area (TPSA) is 119 Å². The molecule has 2 unspecified atom stereocenters. The molecule has 0 rings (SSSR count). The standard InChI is InChI=1S/C42H82N2O5/c1-3-5-7-9-11-12-13-14-15-16-17-18-19-20-21-22-24-30-36-41(46)49-38(32-27-23-10-8-6-4-2)33-28-25-26-29-35-40(45)44-39(42(47)48)34-31-37-43/h38-39H,3-37,43H2,1-2H3,(H,44,45)(H,47,48). The molecule has 0 fully saturated rings. The highest BCUT2D eigenvalue weighted by molar-refractivity contribution is 5.83. The first-order chi connectivity index (χ1) is 23.9. The minimum atomic E-state index is -1.01. The monoisotopic (exact) mass is 695 g/mol. The van der Waals surface area contributed by atoms with Gasteiger partial charge in [0.25, 0.3) is 0 Å². The highest BCUT2D eigenvalue weighted by atomic mass is 16.5. The molecule has 0 aliphatic carbocycles. The highest BCUT2D eigenvalue weighted by Gasteiger charge is 2.19. The molecule has 7 nitrogen and oxygen atoms in total. The molecule has 0 heterocycles. The van der Waals surface area contributed by atoms with Gasteiger partial charge in [-0.1, -0.05) is 168 Å². The van der Waals surface area contributed by atoms with Gasteiger partial charge in [0.1, 0.15) is 12.1 Å². The molecule has 290 valence electrons. The zero-order valence-corrected chi connectivity index (χ0v) is 32.6. The van der Waals surface area contributed by atoms with Crippen LogP contribution in [-0.2, 0) is 19.1 Å². The van der Waals surface area contributed by atoms with Gasteiger partial charge in [0.2, 0.25) is 5.91 Å². The fourth-order valence-electron chi connectivity index (χ4n) is 6.69. The zero-order chi connectivity index (χ0) is 36.0. The van der Waals surface area contributed by atoms with E-state index in [9.17, 15) is 19.5 Å². The molecule has 2 atom stereocenters. The number of hydrogen-bond acceptors (Lipinski definition) is 5. The number of ether oxygens (including phenoxy) is 1. The van der Waals surface area contributed by atoms with Gasteiger partial charge >= 0.3 is 11.9 Å². The summed E-state index contributed by atoms with van der Waals surface area (Å²) in [7, 11) is 0. The van der Waals surface area contributed by atoms with E-state index in [1.54, 1.807) is 0 Å². The third-order valence-electron chi connectivity index (χ3n) is 9.92. The normalized spacial score (nSPS) is 12.6. The first kappa shape index (κ1) is 47.4. The number of carboxylic acids is 1. The SMILES string of the molecule is CCCCCCCCCCCCCCCCCCCCC(=O)OC(CCCCCCCC)CCCCCCC(=O)NC(CCCN)C(=O)O. The van der Waals surface area contributed by atoms with Crippen molar-refractivity contribution in [3.8, 4) is 0 Å². The van der Waals surface area contributed by atoms with Gasteiger partial charge in [-0.25, -0.2) is 4.79 Å². The van der Waals surface area contributed by atoms with E-state index < -0.39 is 12.0 Å². The van der Waals surface area contributed by atoms with E-state index in [0.717, 1.165) is 57.8 Å². The van der Waals surface area contributed by atoms with Crippen LogP contribution in [0.5, 0.6) is 0 Å². The third kappa shape index (κ3) is 34.6. The van der Waals surface area contributed by atoms with Crippen molar-refractivity contribution < 1.29 is 24.2 Å². The summed E-state index contributed by atoms with van der Waals surface area (Å²) in [5.74, 6) is -1.25. The maximum absolute atomic E-state index is 12.7. The number of amides is 1. The smallest absolute Gasteiger partial charge is 0.326 e. The van der Waals surface area contributed by atoms with E-state index in [2.05, 4.69) is 19.2 Å². The van der Waals surface area contributed by atoms with Crippen LogP contribution in [-0.4, -0.2) is 41.6 Å². The number of aliphatic carboxylic acids is 1. The summed E-state index contributed by atoms with van der Waals surface area (Å²) < 4.78 is 5.99. The summed E-state index contributed by atoms with van der Waals surface area (Å²) in [5, 5.41) is 11.9. The molecule has 0 aromatic carbocycles. The number of carboxylic acid groups (broad SMARTS) is 1. The predicted octanol–water partition coefficient (Wildman–Crippen LogP) is 11.7. The molecule has 0 saturated carbocycles. The molecule has 0 aliphatic rings. The van der Waals surface area contributed by atoms with Crippen molar-refractivity contribution in [2.75, 3.05) is 6.54 Å². The second kappa shape index (κ2) is 37.6. The second-order valence-electron chi connectivity index (χ2n) is 14.8. The Kier molecular flexibility index (Phi) is 36.4. The van der Waals surface area contributed by atoms with Crippen LogP contribution in [0.2, 0.25) is 0 Å². The third-order valence-corrected chi connectivity index (χ3v) is 9.92.